The van der Waals surface area contributed by atoms with Gasteiger partial charge in [0.25, 0.3) is 0 Å². The molecule has 0 bridgehead atoms. The van der Waals surface area contributed by atoms with E-state index in [-0.39, 0.29) is 0 Å². The highest BCUT2D eigenvalue weighted by Crippen LogP contribution is 2.20. The van der Waals surface area contributed by atoms with Crippen molar-refractivity contribution in [3.63, 3.8) is 0 Å². The Morgan fingerprint density at radius 3 is 2.72 bits per heavy atom. The monoisotopic (exact) mass is 254 g/mol. The van der Waals surface area contributed by atoms with Crippen molar-refractivity contribution in [2.45, 2.75) is 6.42 Å². The molecule has 18 heavy (non-hydrogen) atoms. The number of anilines is 1. The van der Waals surface area contributed by atoms with Gasteiger partial charge in [-0.25, -0.2) is 4.98 Å². The third-order valence-electron chi connectivity index (χ3n) is 2.96. The van der Waals surface area contributed by atoms with E-state index in [0.29, 0.717) is 0 Å². The molecule has 2 aromatic carbocycles. The van der Waals surface area contributed by atoms with Crippen molar-refractivity contribution >= 4 is 27.2 Å². The van der Waals surface area contributed by atoms with Gasteiger partial charge in [0.2, 0.25) is 0 Å². The van der Waals surface area contributed by atoms with Gasteiger partial charge in [-0.1, -0.05) is 30.3 Å². The third-order valence-corrected chi connectivity index (χ3v) is 3.77. The van der Waals surface area contributed by atoms with Crippen molar-refractivity contribution in [1.29, 1.82) is 0 Å². The van der Waals surface area contributed by atoms with Gasteiger partial charge in [0.15, 0.2) is 0 Å². The Morgan fingerprint density at radius 2 is 1.83 bits per heavy atom. The molecule has 1 N–H and O–H groups in total. The van der Waals surface area contributed by atoms with Crippen LogP contribution in [0, 0.1) is 0 Å². The Hall–Kier alpha value is -1.87. The molecule has 0 atom stereocenters. The van der Waals surface area contributed by atoms with Crippen LogP contribution in [-0.2, 0) is 6.42 Å². The molecule has 1 aromatic heterocycles. The minimum atomic E-state index is 1.10. The van der Waals surface area contributed by atoms with Crippen LogP contribution >= 0.6 is 11.3 Å². The number of nitrogens with zero attached hydrogens (tertiary/aromatic N) is 1. The number of fused-ring (bicyclic) bond motifs is 2. The molecule has 0 spiro atoms. The number of thiazole rings is 1. The first kappa shape index (κ1) is 11.2. The number of hydrogen-bond donors (Lipinski definition) is 1. The van der Waals surface area contributed by atoms with Crippen LogP contribution in [0.2, 0.25) is 0 Å². The fourth-order valence-electron chi connectivity index (χ4n) is 2.05. The van der Waals surface area contributed by atoms with Gasteiger partial charge in [0.05, 0.1) is 15.7 Å². The van der Waals surface area contributed by atoms with Crippen molar-refractivity contribution in [3.05, 3.63) is 59.6 Å². The molecule has 90 valence electrons. The second-order valence-electron chi connectivity index (χ2n) is 4.15. The maximum Gasteiger partial charge on any atom is 0.0812 e. The van der Waals surface area contributed by atoms with Gasteiger partial charge in [0, 0.05) is 12.2 Å². The molecule has 2 nitrogen and oxygen atoms in total. The van der Waals surface area contributed by atoms with Crippen molar-refractivity contribution in [2.75, 3.05) is 11.9 Å². The molecule has 3 heteroatoms. The quantitative estimate of drug-likeness (QED) is 0.657. The van der Waals surface area contributed by atoms with Crippen LogP contribution in [0.5, 0.6) is 0 Å². The fourth-order valence-corrected chi connectivity index (χ4v) is 2.72. The van der Waals surface area contributed by atoms with E-state index in [1.807, 2.05) is 23.7 Å². The third kappa shape index (κ3) is 2.36. The van der Waals surface area contributed by atoms with Gasteiger partial charge < -0.3 is 5.32 Å². The van der Waals surface area contributed by atoms with Crippen LogP contribution in [0.3, 0.4) is 0 Å². The lowest BCUT2D eigenvalue weighted by atomic mass is 10.2. The SMILES string of the molecule is c1ccc2c(c1)CCN2.c1ccc2scnc2c1. The lowest BCUT2D eigenvalue weighted by molar-refractivity contribution is 1.11. The first-order valence-corrected chi connectivity index (χ1v) is 6.91. The zero-order valence-electron chi connectivity index (χ0n) is 9.97. The van der Waals surface area contributed by atoms with E-state index in [2.05, 4.69) is 40.6 Å². The van der Waals surface area contributed by atoms with Gasteiger partial charge in [-0.05, 0) is 30.2 Å². The van der Waals surface area contributed by atoms with E-state index in [1.165, 1.54) is 22.4 Å². The van der Waals surface area contributed by atoms with Crippen molar-refractivity contribution in [1.82, 2.24) is 4.98 Å². The van der Waals surface area contributed by atoms with Crippen LogP contribution in [0.1, 0.15) is 5.56 Å². The molecule has 0 saturated heterocycles. The second-order valence-corrected chi connectivity index (χ2v) is 5.04. The highest BCUT2D eigenvalue weighted by Gasteiger charge is 2.05. The number of hydrogen-bond acceptors (Lipinski definition) is 3. The summed E-state index contributed by atoms with van der Waals surface area (Å²) in [5.41, 5.74) is 5.74. The largest absolute Gasteiger partial charge is 0.384 e. The molecular weight excluding hydrogens is 240 g/mol. The van der Waals surface area contributed by atoms with Crippen molar-refractivity contribution in [2.24, 2.45) is 0 Å². The smallest absolute Gasteiger partial charge is 0.0812 e. The Labute approximate surface area is 110 Å². The van der Waals surface area contributed by atoms with E-state index in [4.69, 9.17) is 0 Å². The average Bonchev–Trinajstić information content (AvgIpc) is 3.08. The molecule has 4 rings (SSSR count). The van der Waals surface area contributed by atoms with Gasteiger partial charge in [0.1, 0.15) is 0 Å². The summed E-state index contributed by atoms with van der Waals surface area (Å²) < 4.78 is 1.26. The predicted molar refractivity (Wildman–Crippen MR) is 78.3 cm³/mol. The summed E-state index contributed by atoms with van der Waals surface area (Å²) in [5.74, 6) is 0. The molecule has 0 radical (unpaired) electrons. The molecule has 0 unspecified atom stereocenters. The molecule has 0 saturated carbocycles. The van der Waals surface area contributed by atoms with Crippen LogP contribution in [-0.4, -0.2) is 11.5 Å². The molecule has 0 fully saturated rings. The maximum atomic E-state index is 4.14. The zero-order chi connectivity index (χ0) is 12.2. The first-order valence-electron chi connectivity index (χ1n) is 6.03. The van der Waals surface area contributed by atoms with Crippen LogP contribution < -0.4 is 5.32 Å². The minimum absolute atomic E-state index is 1.10. The summed E-state index contributed by atoms with van der Waals surface area (Å²) in [6, 6.07) is 16.6. The number of para-hydroxylation sites is 2. The standard InChI is InChI=1S/C8H9N.C7H5NS/c1-2-4-8-7(3-1)5-6-9-8;1-2-4-7-6(3-1)8-5-9-7/h1-4,9H,5-6H2;1-5H. The highest BCUT2D eigenvalue weighted by molar-refractivity contribution is 7.16. The van der Waals surface area contributed by atoms with Crippen LogP contribution in [0.4, 0.5) is 5.69 Å². The van der Waals surface area contributed by atoms with Gasteiger partial charge in [-0.2, -0.15) is 0 Å². The zero-order valence-corrected chi connectivity index (χ0v) is 10.8. The Balaban J connectivity index is 0.000000111. The summed E-state index contributed by atoms with van der Waals surface area (Å²) in [7, 11) is 0. The van der Waals surface area contributed by atoms with E-state index in [9.17, 15) is 0 Å². The topological polar surface area (TPSA) is 24.9 Å². The average molecular weight is 254 g/mol. The maximum absolute atomic E-state index is 4.14. The minimum Gasteiger partial charge on any atom is -0.384 e. The number of aromatic nitrogens is 1. The highest BCUT2D eigenvalue weighted by atomic mass is 32.1. The molecule has 0 aliphatic carbocycles. The lowest BCUT2D eigenvalue weighted by Gasteiger charge is -1.94. The number of benzene rings is 2. The van der Waals surface area contributed by atoms with E-state index in [0.717, 1.165) is 12.1 Å². The van der Waals surface area contributed by atoms with Gasteiger partial charge in [-0.3, -0.25) is 0 Å². The Morgan fingerprint density at radius 1 is 1.00 bits per heavy atom. The summed E-state index contributed by atoms with van der Waals surface area (Å²) in [4.78, 5) is 4.14. The molecule has 3 aromatic rings. The molecule has 1 aliphatic rings. The van der Waals surface area contributed by atoms with E-state index in [1.54, 1.807) is 11.3 Å². The Bertz CT molecular complexity index is 592. The summed E-state index contributed by atoms with van der Waals surface area (Å²) in [5, 5.41) is 3.30. The Kier molecular flexibility index (Phi) is 3.24. The summed E-state index contributed by atoms with van der Waals surface area (Å²) in [6.07, 6.45) is 1.19. The van der Waals surface area contributed by atoms with Crippen LogP contribution in [0.15, 0.2) is 54.0 Å². The second kappa shape index (κ2) is 5.19. The summed E-state index contributed by atoms with van der Waals surface area (Å²) >= 11 is 1.68. The molecule has 2 heterocycles. The van der Waals surface area contributed by atoms with Crippen molar-refractivity contribution < 1.29 is 0 Å². The van der Waals surface area contributed by atoms with Crippen LogP contribution in [0.25, 0.3) is 10.2 Å². The van der Waals surface area contributed by atoms with Crippen molar-refractivity contribution in [3.8, 4) is 0 Å². The number of rotatable bonds is 0. The molecule has 1 aliphatic heterocycles. The fraction of sp³-hybridized carbons (Fsp3) is 0.133. The normalized spacial score (nSPS) is 12.4. The lowest BCUT2D eigenvalue weighted by Crippen LogP contribution is -1.90. The van der Waals surface area contributed by atoms with E-state index >= 15 is 0 Å². The number of nitrogens with one attached hydrogen (secondary N) is 1. The molecular formula is C15H14N2S. The molecule has 0 amide bonds. The van der Waals surface area contributed by atoms with Gasteiger partial charge >= 0.3 is 0 Å². The summed E-state index contributed by atoms with van der Waals surface area (Å²) in [6.45, 7) is 1.11. The first-order chi connectivity index (χ1) is 8.93. The predicted octanol–water partition coefficient (Wildman–Crippen LogP) is 3.95. The van der Waals surface area contributed by atoms with E-state index < -0.39 is 0 Å². The van der Waals surface area contributed by atoms with Gasteiger partial charge in [-0.15, -0.1) is 11.3 Å².